The van der Waals surface area contributed by atoms with Crippen molar-refractivity contribution >= 4 is 11.3 Å². The second-order valence-electron chi connectivity index (χ2n) is 11.2. The van der Waals surface area contributed by atoms with Crippen LogP contribution < -0.4 is 19.1 Å². The van der Waals surface area contributed by atoms with E-state index in [-0.39, 0.29) is 6.61 Å². The molecule has 0 saturated carbocycles. The molecule has 4 aromatic rings. The third-order valence-corrected chi connectivity index (χ3v) is 7.70. The Morgan fingerprint density at radius 1 is 1.10 bits per heavy atom. The minimum Gasteiger partial charge on any atom is -0.489 e. The SMILES string of the molecule is COc1ccc(CN2C3CC2CN(c2ccc(-c4cc(OCC(C)(C)O)cn5ncc(C#N)c45)cn2)C3)c(OC)n1. The maximum Gasteiger partial charge on any atom is 0.220 e. The minimum absolute atomic E-state index is 0.123. The van der Waals surface area contributed by atoms with Crippen LogP contribution in [0.5, 0.6) is 17.5 Å². The fourth-order valence-electron chi connectivity index (χ4n) is 5.66. The number of pyridine rings is 3. The molecule has 0 amide bonds. The first-order valence-electron chi connectivity index (χ1n) is 13.6. The summed E-state index contributed by atoms with van der Waals surface area (Å²) in [4.78, 5) is 14.1. The molecule has 0 spiro atoms. The highest BCUT2D eigenvalue weighted by Gasteiger charge is 2.45. The maximum atomic E-state index is 10.1. The summed E-state index contributed by atoms with van der Waals surface area (Å²) < 4.78 is 18.2. The van der Waals surface area contributed by atoms with Gasteiger partial charge in [0.15, 0.2) is 0 Å². The number of nitrogens with zero attached hydrogens (tertiary/aromatic N) is 7. The molecule has 2 bridgehead atoms. The Labute approximate surface area is 238 Å². The molecule has 3 fully saturated rings. The molecular weight excluding hydrogens is 522 g/mol. The molecule has 0 aliphatic carbocycles. The summed E-state index contributed by atoms with van der Waals surface area (Å²) in [6, 6.07) is 12.9. The van der Waals surface area contributed by atoms with Crippen molar-refractivity contribution in [2.75, 3.05) is 38.8 Å². The first-order chi connectivity index (χ1) is 19.8. The van der Waals surface area contributed by atoms with Crippen LogP contribution in [0, 0.1) is 11.3 Å². The predicted octanol–water partition coefficient (Wildman–Crippen LogP) is 3.29. The molecular formula is C30H33N7O4. The van der Waals surface area contributed by atoms with Gasteiger partial charge in [-0.05, 0) is 44.5 Å². The van der Waals surface area contributed by atoms with Crippen molar-refractivity contribution < 1.29 is 19.3 Å². The summed E-state index contributed by atoms with van der Waals surface area (Å²) >= 11 is 0. The lowest BCUT2D eigenvalue weighted by Gasteiger charge is -2.56. The van der Waals surface area contributed by atoms with E-state index in [9.17, 15) is 10.4 Å². The first-order valence-corrected chi connectivity index (χ1v) is 13.6. The normalized spacial score (nSPS) is 18.6. The Morgan fingerprint density at radius 2 is 1.90 bits per heavy atom. The summed E-state index contributed by atoms with van der Waals surface area (Å²) in [5.41, 5.74) is 2.88. The molecule has 7 rings (SSSR count). The Kier molecular flexibility index (Phi) is 6.89. The van der Waals surface area contributed by atoms with E-state index < -0.39 is 5.60 Å². The second kappa shape index (κ2) is 10.5. The maximum absolute atomic E-state index is 10.1. The fraction of sp³-hybridized carbons (Fsp3) is 0.400. The van der Waals surface area contributed by atoms with Gasteiger partial charge in [0.25, 0.3) is 0 Å². The standard InChI is InChI=1S/C30H33N7O4/c1-30(2,38)18-41-24-10-25(28-21(11-31)13-33-37(28)17-24)19-5-7-26(32-12-19)35-15-22-9-23(16-35)36(22)14-20-6-8-27(39-3)34-29(20)40-4/h5-8,10,12-13,17,22-23,38H,9,14-16,18H2,1-4H3. The molecule has 4 aromatic heterocycles. The largest absolute Gasteiger partial charge is 0.489 e. The van der Waals surface area contributed by atoms with Crippen molar-refractivity contribution in [1.29, 1.82) is 5.26 Å². The number of piperidine rings is 1. The molecule has 3 aliphatic rings. The third kappa shape index (κ3) is 5.24. The lowest BCUT2D eigenvalue weighted by molar-refractivity contribution is -0.00930. The molecule has 212 valence electrons. The van der Waals surface area contributed by atoms with E-state index in [2.05, 4.69) is 26.0 Å². The van der Waals surface area contributed by atoms with Crippen LogP contribution in [0.15, 0.2) is 48.9 Å². The van der Waals surface area contributed by atoms with Gasteiger partial charge in [0, 0.05) is 60.7 Å². The van der Waals surface area contributed by atoms with Crippen molar-refractivity contribution in [2.24, 2.45) is 0 Å². The zero-order valence-electron chi connectivity index (χ0n) is 23.6. The molecule has 41 heavy (non-hydrogen) atoms. The Morgan fingerprint density at radius 3 is 2.56 bits per heavy atom. The second-order valence-corrected chi connectivity index (χ2v) is 11.2. The number of aliphatic hydroxyl groups is 1. The van der Waals surface area contributed by atoms with Crippen LogP contribution in [-0.2, 0) is 6.54 Å². The van der Waals surface area contributed by atoms with Gasteiger partial charge in [0.1, 0.15) is 24.2 Å². The summed E-state index contributed by atoms with van der Waals surface area (Å²) in [7, 11) is 3.24. The zero-order valence-corrected chi connectivity index (χ0v) is 23.6. The highest BCUT2D eigenvalue weighted by molar-refractivity contribution is 5.85. The van der Waals surface area contributed by atoms with Gasteiger partial charge < -0.3 is 24.2 Å². The molecule has 11 heteroatoms. The van der Waals surface area contributed by atoms with Gasteiger partial charge in [-0.15, -0.1) is 0 Å². The number of rotatable bonds is 9. The van der Waals surface area contributed by atoms with E-state index in [0.29, 0.717) is 40.7 Å². The molecule has 7 heterocycles. The van der Waals surface area contributed by atoms with Crippen LogP contribution >= 0.6 is 0 Å². The van der Waals surface area contributed by atoms with Crippen LogP contribution in [-0.4, -0.2) is 81.2 Å². The summed E-state index contributed by atoms with van der Waals surface area (Å²) in [6.45, 7) is 6.06. The lowest BCUT2D eigenvalue weighted by Crippen LogP contribution is -2.68. The van der Waals surface area contributed by atoms with Crippen molar-refractivity contribution in [3.8, 4) is 34.7 Å². The van der Waals surface area contributed by atoms with Crippen molar-refractivity contribution in [3.05, 3.63) is 60.0 Å². The molecule has 0 aromatic carbocycles. The Balaban J connectivity index is 1.19. The van der Waals surface area contributed by atoms with E-state index in [4.69, 9.17) is 19.2 Å². The fourth-order valence-corrected chi connectivity index (χ4v) is 5.66. The Bertz CT molecular complexity index is 1590. The first kappa shape index (κ1) is 26.8. The van der Waals surface area contributed by atoms with Crippen LogP contribution in [0.25, 0.3) is 16.6 Å². The van der Waals surface area contributed by atoms with Gasteiger partial charge in [-0.3, -0.25) is 4.90 Å². The number of fused-ring (bicyclic) bond motifs is 3. The number of methoxy groups -OCH3 is 2. The van der Waals surface area contributed by atoms with E-state index >= 15 is 0 Å². The number of nitriles is 1. The van der Waals surface area contributed by atoms with Crippen molar-refractivity contribution in [3.63, 3.8) is 0 Å². The molecule has 3 aliphatic heterocycles. The van der Waals surface area contributed by atoms with Crippen LogP contribution in [0.3, 0.4) is 0 Å². The van der Waals surface area contributed by atoms with Crippen LogP contribution in [0.4, 0.5) is 5.82 Å². The number of ether oxygens (including phenoxy) is 3. The number of anilines is 1. The van der Waals surface area contributed by atoms with Gasteiger partial charge in [-0.1, -0.05) is 0 Å². The van der Waals surface area contributed by atoms with Gasteiger partial charge >= 0.3 is 0 Å². The van der Waals surface area contributed by atoms with Crippen molar-refractivity contribution in [2.45, 2.75) is 44.5 Å². The van der Waals surface area contributed by atoms with Gasteiger partial charge in [-0.25, -0.2) is 9.50 Å². The zero-order chi connectivity index (χ0) is 28.7. The predicted molar refractivity (Wildman–Crippen MR) is 152 cm³/mol. The van der Waals surface area contributed by atoms with Gasteiger partial charge in [0.05, 0.1) is 43.3 Å². The van der Waals surface area contributed by atoms with Crippen LogP contribution in [0.1, 0.15) is 31.4 Å². The number of aromatic nitrogens is 4. The number of hydrogen-bond donors (Lipinski definition) is 1. The molecule has 2 atom stereocenters. The molecule has 11 nitrogen and oxygen atoms in total. The summed E-state index contributed by atoms with van der Waals surface area (Å²) in [5, 5.41) is 24.1. The molecule has 1 N–H and O–H groups in total. The average molecular weight is 556 g/mol. The van der Waals surface area contributed by atoms with Crippen molar-refractivity contribution in [1.82, 2.24) is 24.5 Å². The number of hydrogen-bond acceptors (Lipinski definition) is 10. The molecule has 2 unspecified atom stereocenters. The quantitative estimate of drug-likeness (QED) is 0.329. The summed E-state index contributed by atoms with van der Waals surface area (Å²) in [5.74, 6) is 2.61. The van der Waals surface area contributed by atoms with E-state index in [1.54, 1.807) is 45.0 Å². The monoisotopic (exact) mass is 555 g/mol. The summed E-state index contributed by atoms with van der Waals surface area (Å²) in [6.07, 6.45) is 6.26. The average Bonchev–Trinajstić information content (AvgIpc) is 3.41. The van der Waals surface area contributed by atoms with Crippen LogP contribution in [0.2, 0.25) is 0 Å². The smallest absolute Gasteiger partial charge is 0.220 e. The third-order valence-electron chi connectivity index (χ3n) is 7.70. The van der Waals surface area contributed by atoms with Gasteiger partial charge in [-0.2, -0.15) is 15.3 Å². The molecule has 3 saturated heterocycles. The van der Waals surface area contributed by atoms with E-state index in [1.165, 1.54) is 0 Å². The highest BCUT2D eigenvalue weighted by atomic mass is 16.5. The highest BCUT2D eigenvalue weighted by Crippen LogP contribution is 2.37. The van der Waals surface area contributed by atoms with Gasteiger partial charge in [0.2, 0.25) is 11.8 Å². The topological polar surface area (TPSA) is 121 Å². The number of piperazine rings is 1. The Hall–Kier alpha value is -4.40. The van der Waals surface area contributed by atoms with E-state index in [0.717, 1.165) is 48.6 Å². The van der Waals surface area contributed by atoms with E-state index in [1.807, 2.05) is 36.5 Å². The minimum atomic E-state index is -0.984. The molecule has 0 radical (unpaired) electrons. The lowest BCUT2D eigenvalue weighted by atomic mass is 9.87.